The Balaban J connectivity index is 1.89. The van der Waals surface area contributed by atoms with Crippen LogP contribution < -0.4 is 5.32 Å². The van der Waals surface area contributed by atoms with Gasteiger partial charge in [-0.05, 0) is 31.7 Å². The number of aromatic nitrogens is 3. The molecule has 5 heteroatoms. The lowest BCUT2D eigenvalue weighted by Crippen LogP contribution is -2.18. The smallest absolute Gasteiger partial charge is 0.144 e. The largest absolute Gasteiger partial charge is 0.369 e. The predicted octanol–water partition coefficient (Wildman–Crippen LogP) is 1.94. The first kappa shape index (κ1) is 13.4. The molecule has 0 fully saturated rings. The summed E-state index contributed by atoms with van der Waals surface area (Å²) in [7, 11) is 2.07. The first-order chi connectivity index (χ1) is 9.28. The summed E-state index contributed by atoms with van der Waals surface area (Å²) in [6.07, 6.45) is 7.22. The SMILES string of the molecule is CCNc1cnc(CN(C)Cc2ccncc2)cn1. The van der Waals surface area contributed by atoms with E-state index in [0.29, 0.717) is 0 Å². The van der Waals surface area contributed by atoms with Crippen molar-refractivity contribution in [2.45, 2.75) is 20.0 Å². The van der Waals surface area contributed by atoms with Gasteiger partial charge in [0, 0.05) is 32.0 Å². The van der Waals surface area contributed by atoms with Gasteiger partial charge >= 0.3 is 0 Å². The fraction of sp³-hybridized carbons (Fsp3) is 0.357. The second-order valence-electron chi connectivity index (χ2n) is 4.45. The van der Waals surface area contributed by atoms with E-state index in [1.165, 1.54) is 5.56 Å². The van der Waals surface area contributed by atoms with E-state index in [0.717, 1.165) is 31.1 Å². The number of hydrogen-bond acceptors (Lipinski definition) is 5. The third kappa shape index (κ3) is 4.30. The summed E-state index contributed by atoms with van der Waals surface area (Å²) in [6, 6.07) is 4.05. The van der Waals surface area contributed by atoms with Gasteiger partial charge in [-0.1, -0.05) is 0 Å². The van der Waals surface area contributed by atoms with Crippen molar-refractivity contribution in [2.75, 3.05) is 18.9 Å². The number of hydrogen-bond donors (Lipinski definition) is 1. The van der Waals surface area contributed by atoms with Crippen LogP contribution in [0.1, 0.15) is 18.2 Å². The van der Waals surface area contributed by atoms with Crippen LogP contribution in [0.25, 0.3) is 0 Å². The number of rotatable bonds is 6. The second-order valence-corrected chi connectivity index (χ2v) is 4.45. The molecule has 5 nitrogen and oxygen atoms in total. The van der Waals surface area contributed by atoms with Crippen molar-refractivity contribution in [1.82, 2.24) is 19.9 Å². The van der Waals surface area contributed by atoms with Crippen LogP contribution >= 0.6 is 0 Å². The van der Waals surface area contributed by atoms with Crippen molar-refractivity contribution < 1.29 is 0 Å². The molecule has 2 heterocycles. The summed E-state index contributed by atoms with van der Waals surface area (Å²) < 4.78 is 0. The molecular formula is C14H19N5. The van der Waals surface area contributed by atoms with Crippen molar-refractivity contribution in [1.29, 1.82) is 0 Å². The molecule has 0 unspecified atom stereocenters. The normalized spacial score (nSPS) is 10.7. The van der Waals surface area contributed by atoms with E-state index < -0.39 is 0 Å². The van der Waals surface area contributed by atoms with Gasteiger partial charge in [0.05, 0.1) is 18.1 Å². The maximum absolute atomic E-state index is 4.40. The Kier molecular flexibility index (Phi) is 4.80. The standard InChI is InChI=1S/C14H19N5/c1-3-16-14-9-17-13(8-18-14)11-19(2)10-12-4-6-15-7-5-12/h4-9H,3,10-11H2,1-2H3,(H,16,18). The molecule has 0 aliphatic carbocycles. The van der Waals surface area contributed by atoms with E-state index in [2.05, 4.69) is 32.2 Å². The van der Waals surface area contributed by atoms with Gasteiger partial charge in [0.1, 0.15) is 5.82 Å². The fourth-order valence-corrected chi connectivity index (χ4v) is 1.84. The quantitative estimate of drug-likeness (QED) is 0.857. The van der Waals surface area contributed by atoms with Gasteiger partial charge in [0.15, 0.2) is 0 Å². The number of nitrogens with one attached hydrogen (secondary N) is 1. The molecule has 0 spiro atoms. The van der Waals surface area contributed by atoms with Gasteiger partial charge in [-0.2, -0.15) is 0 Å². The molecule has 0 radical (unpaired) electrons. The topological polar surface area (TPSA) is 53.9 Å². The maximum Gasteiger partial charge on any atom is 0.144 e. The van der Waals surface area contributed by atoms with Crippen molar-refractivity contribution in [3.05, 3.63) is 48.2 Å². The van der Waals surface area contributed by atoms with Crippen LogP contribution in [0.4, 0.5) is 5.82 Å². The average molecular weight is 257 g/mol. The first-order valence-corrected chi connectivity index (χ1v) is 6.40. The zero-order valence-corrected chi connectivity index (χ0v) is 11.4. The van der Waals surface area contributed by atoms with Crippen molar-refractivity contribution >= 4 is 5.82 Å². The lowest BCUT2D eigenvalue weighted by atomic mass is 10.2. The van der Waals surface area contributed by atoms with E-state index >= 15 is 0 Å². The summed E-state index contributed by atoms with van der Waals surface area (Å²) in [5, 5.41) is 3.13. The summed E-state index contributed by atoms with van der Waals surface area (Å²) in [6.45, 7) is 4.55. The zero-order chi connectivity index (χ0) is 13.5. The lowest BCUT2D eigenvalue weighted by Gasteiger charge is -2.16. The molecule has 2 aromatic rings. The van der Waals surface area contributed by atoms with Crippen LogP contribution in [0.5, 0.6) is 0 Å². The summed E-state index contributed by atoms with van der Waals surface area (Å²) in [4.78, 5) is 14.9. The lowest BCUT2D eigenvalue weighted by molar-refractivity contribution is 0.314. The minimum Gasteiger partial charge on any atom is -0.369 e. The van der Waals surface area contributed by atoms with Crippen molar-refractivity contribution in [3.63, 3.8) is 0 Å². The molecule has 0 saturated carbocycles. The number of pyridine rings is 1. The molecule has 100 valence electrons. The van der Waals surface area contributed by atoms with Gasteiger partial charge in [-0.25, -0.2) is 4.98 Å². The van der Waals surface area contributed by atoms with E-state index in [4.69, 9.17) is 0 Å². The monoisotopic (exact) mass is 257 g/mol. The Labute approximate surface area is 113 Å². The number of nitrogens with zero attached hydrogens (tertiary/aromatic N) is 4. The Hall–Kier alpha value is -2.01. The van der Waals surface area contributed by atoms with E-state index in [-0.39, 0.29) is 0 Å². The minimum atomic E-state index is 0.779. The molecule has 0 aliphatic rings. The molecule has 2 aromatic heterocycles. The van der Waals surface area contributed by atoms with Crippen LogP contribution in [0, 0.1) is 0 Å². The average Bonchev–Trinajstić information content (AvgIpc) is 2.42. The molecule has 0 bridgehead atoms. The van der Waals surface area contributed by atoms with Gasteiger partial charge in [0.25, 0.3) is 0 Å². The molecular weight excluding hydrogens is 238 g/mol. The van der Waals surface area contributed by atoms with Crippen LogP contribution in [0.2, 0.25) is 0 Å². The van der Waals surface area contributed by atoms with Crippen LogP contribution in [-0.2, 0) is 13.1 Å². The molecule has 0 aliphatic heterocycles. The van der Waals surface area contributed by atoms with Gasteiger partial charge in [-0.3, -0.25) is 14.9 Å². The highest BCUT2D eigenvalue weighted by Crippen LogP contribution is 2.06. The molecule has 0 saturated heterocycles. The van der Waals surface area contributed by atoms with Crippen LogP contribution in [-0.4, -0.2) is 33.4 Å². The maximum atomic E-state index is 4.40. The summed E-state index contributed by atoms with van der Waals surface area (Å²) in [5.74, 6) is 0.822. The predicted molar refractivity (Wildman–Crippen MR) is 75.6 cm³/mol. The first-order valence-electron chi connectivity index (χ1n) is 6.40. The second kappa shape index (κ2) is 6.80. The molecule has 0 aromatic carbocycles. The minimum absolute atomic E-state index is 0.779. The van der Waals surface area contributed by atoms with Gasteiger partial charge < -0.3 is 5.32 Å². The molecule has 19 heavy (non-hydrogen) atoms. The summed E-state index contributed by atoms with van der Waals surface area (Å²) >= 11 is 0. The van der Waals surface area contributed by atoms with E-state index in [1.807, 2.05) is 37.6 Å². The number of anilines is 1. The van der Waals surface area contributed by atoms with Gasteiger partial charge in [0.2, 0.25) is 0 Å². The van der Waals surface area contributed by atoms with E-state index in [1.54, 1.807) is 6.20 Å². The third-order valence-corrected chi connectivity index (χ3v) is 2.70. The highest BCUT2D eigenvalue weighted by molar-refractivity contribution is 5.30. The Morgan fingerprint density at radius 1 is 1.11 bits per heavy atom. The fourth-order valence-electron chi connectivity index (χ4n) is 1.84. The van der Waals surface area contributed by atoms with E-state index in [9.17, 15) is 0 Å². The highest BCUT2D eigenvalue weighted by atomic mass is 15.1. The molecule has 0 amide bonds. The van der Waals surface area contributed by atoms with Crippen molar-refractivity contribution in [3.8, 4) is 0 Å². The van der Waals surface area contributed by atoms with Crippen molar-refractivity contribution in [2.24, 2.45) is 0 Å². The summed E-state index contributed by atoms with van der Waals surface area (Å²) in [5.41, 5.74) is 2.22. The van der Waals surface area contributed by atoms with Crippen LogP contribution in [0.15, 0.2) is 36.9 Å². The third-order valence-electron chi connectivity index (χ3n) is 2.70. The Morgan fingerprint density at radius 2 is 1.89 bits per heavy atom. The Morgan fingerprint density at radius 3 is 2.53 bits per heavy atom. The highest BCUT2D eigenvalue weighted by Gasteiger charge is 2.03. The van der Waals surface area contributed by atoms with Crippen LogP contribution in [0.3, 0.4) is 0 Å². The molecule has 0 atom stereocenters. The Bertz CT molecular complexity index is 483. The zero-order valence-electron chi connectivity index (χ0n) is 11.4. The molecule has 2 rings (SSSR count). The van der Waals surface area contributed by atoms with Gasteiger partial charge in [-0.15, -0.1) is 0 Å². The molecule has 1 N–H and O–H groups in total.